The van der Waals surface area contributed by atoms with Crippen LogP contribution in [-0.4, -0.2) is 10.0 Å². The van der Waals surface area contributed by atoms with E-state index in [1.165, 1.54) is 18.2 Å². The molecular weight excluding hydrogens is 170 g/mol. The summed E-state index contributed by atoms with van der Waals surface area (Å²) < 4.78 is 0. The van der Waals surface area contributed by atoms with Crippen LogP contribution in [0.1, 0.15) is 24.3 Å². The quantitative estimate of drug-likeness (QED) is 0.559. The van der Waals surface area contributed by atoms with Crippen LogP contribution in [0.4, 0.5) is 5.69 Å². The number of nitro benzene ring substituents is 1. The second-order valence-corrected chi connectivity index (χ2v) is 3.24. The molecule has 13 heavy (non-hydrogen) atoms. The third-order valence-corrected chi connectivity index (χ3v) is 2.24. The minimum absolute atomic E-state index is 0.0440. The zero-order valence-electron chi connectivity index (χ0n) is 6.93. The van der Waals surface area contributed by atoms with Gasteiger partial charge in [0.15, 0.2) is 0 Å². The van der Waals surface area contributed by atoms with E-state index in [0.717, 1.165) is 12.8 Å². The van der Waals surface area contributed by atoms with E-state index in [0.29, 0.717) is 5.56 Å². The van der Waals surface area contributed by atoms with Gasteiger partial charge in [0.05, 0.1) is 10.5 Å². The van der Waals surface area contributed by atoms with Crippen molar-refractivity contribution in [2.75, 3.05) is 0 Å². The first-order chi connectivity index (χ1) is 6.20. The number of phenolic OH excluding ortho intramolecular Hbond substituents is 1. The molecule has 0 heterocycles. The number of aromatic hydroxyl groups is 1. The standard InChI is InChI=1S/C9H9NO3/c11-8-3-1-2-7(10(12)13)9(8)6-4-5-6/h1-3,6,11H,4-5H2. The average molecular weight is 179 g/mol. The Bertz CT molecular complexity index is 358. The largest absolute Gasteiger partial charge is 0.507 e. The summed E-state index contributed by atoms with van der Waals surface area (Å²) in [7, 11) is 0. The first-order valence-corrected chi connectivity index (χ1v) is 4.16. The van der Waals surface area contributed by atoms with Crippen LogP contribution < -0.4 is 0 Å². The van der Waals surface area contributed by atoms with Gasteiger partial charge in [0, 0.05) is 6.07 Å². The highest BCUT2D eigenvalue weighted by Gasteiger charge is 2.33. The lowest BCUT2D eigenvalue weighted by Gasteiger charge is -2.02. The van der Waals surface area contributed by atoms with E-state index in [-0.39, 0.29) is 17.4 Å². The lowest BCUT2D eigenvalue weighted by Crippen LogP contribution is -1.93. The molecule has 1 aromatic rings. The van der Waals surface area contributed by atoms with Crippen LogP contribution in [0.2, 0.25) is 0 Å². The zero-order valence-corrected chi connectivity index (χ0v) is 6.93. The Morgan fingerprint density at radius 3 is 2.69 bits per heavy atom. The van der Waals surface area contributed by atoms with Gasteiger partial charge in [-0.2, -0.15) is 0 Å². The third kappa shape index (κ3) is 1.35. The van der Waals surface area contributed by atoms with E-state index in [1.807, 2.05) is 0 Å². The van der Waals surface area contributed by atoms with Crippen molar-refractivity contribution in [1.82, 2.24) is 0 Å². The highest BCUT2D eigenvalue weighted by Crippen LogP contribution is 2.47. The van der Waals surface area contributed by atoms with Gasteiger partial charge in [0.1, 0.15) is 5.75 Å². The lowest BCUT2D eigenvalue weighted by molar-refractivity contribution is -0.385. The maximum absolute atomic E-state index is 10.6. The number of hydrogen-bond acceptors (Lipinski definition) is 3. The van der Waals surface area contributed by atoms with Crippen LogP contribution in [0.3, 0.4) is 0 Å². The molecule has 0 saturated heterocycles. The van der Waals surface area contributed by atoms with E-state index >= 15 is 0 Å². The predicted octanol–water partition coefficient (Wildman–Crippen LogP) is 2.18. The molecule has 0 unspecified atom stereocenters. The lowest BCUT2D eigenvalue weighted by atomic mass is 10.1. The molecule has 0 bridgehead atoms. The molecule has 1 fully saturated rings. The first kappa shape index (κ1) is 8.04. The summed E-state index contributed by atoms with van der Waals surface area (Å²) in [4.78, 5) is 10.2. The molecular formula is C9H9NO3. The minimum Gasteiger partial charge on any atom is -0.507 e. The van der Waals surface area contributed by atoms with Crippen LogP contribution in [0.25, 0.3) is 0 Å². The van der Waals surface area contributed by atoms with Crippen LogP contribution in [-0.2, 0) is 0 Å². The van der Waals surface area contributed by atoms with E-state index in [1.54, 1.807) is 0 Å². The van der Waals surface area contributed by atoms with Crippen molar-refractivity contribution in [3.63, 3.8) is 0 Å². The summed E-state index contributed by atoms with van der Waals surface area (Å²) in [5, 5.41) is 20.0. The topological polar surface area (TPSA) is 63.4 Å². The molecule has 0 radical (unpaired) electrons. The molecule has 2 rings (SSSR count). The second kappa shape index (κ2) is 2.73. The van der Waals surface area contributed by atoms with Gasteiger partial charge in [-0.05, 0) is 24.8 Å². The van der Waals surface area contributed by atoms with Crippen molar-refractivity contribution < 1.29 is 10.0 Å². The Labute approximate surface area is 75.0 Å². The van der Waals surface area contributed by atoms with Gasteiger partial charge in [0.25, 0.3) is 5.69 Å². The second-order valence-electron chi connectivity index (χ2n) is 3.24. The normalized spacial score (nSPS) is 15.7. The molecule has 1 aliphatic carbocycles. The van der Waals surface area contributed by atoms with Gasteiger partial charge in [0.2, 0.25) is 0 Å². The summed E-state index contributed by atoms with van der Waals surface area (Å²) in [6.45, 7) is 0. The van der Waals surface area contributed by atoms with Gasteiger partial charge in [-0.15, -0.1) is 0 Å². The Morgan fingerprint density at radius 2 is 2.15 bits per heavy atom. The SMILES string of the molecule is O=[N+]([O-])c1cccc(O)c1C1CC1. The van der Waals surface area contributed by atoms with Crippen LogP contribution >= 0.6 is 0 Å². The fraction of sp³-hybridized carbons (Fsp3) is 0.333. The molecule has 0 atom stereocenters. The maximum atomic E-state index is 10.6. The highest BCUT2D eigenvalue weighted by atomic mass is 16.6. The summed E-state index contributed by atoms with van der Waals surface area (Å²) in [5.41, 5.74) is 0.551. The number of phenols is 1. The number of rotatable bonds is 2. The molecule has 4 heteroatoms. The fourth-order valence-corrected chi connectivity index (χ4v) is 1.49. The van der Waals surface area contributed by atoms with Gasteiger partial charge in [-0.3, -0.25) is 10.1 Å². The Morgan fingerprint density at radius 1 is 1.46 bits per heavy atom. The van der Waals surface area contributed by atoms with E-state index in [4.69, 9.17) is 0 Å². The summed E-state index contributed by atoms with van der Waals surface area (Å²) in [6.07, 6.45) is 1.89. The molecule has 0 aliphatic heterocycles. The maximum Gasteiger partial charge on any atom is 0.276 e. The summed E-state index contributed by atoms with van der Waals surface area (Å²) in [6, 6.07) is 4.44. The van der Waals surface area contributed by atoms with Crippen LogP contribution in [0.5, 0.6) is 5.75 Å². The van der Waals surface area contributed by atoms with Gasteiger partial charge >= 0.3 is 0 Å². The summed E-state index contributed by atoms with van der Waals surface area (Å²) in [5.74, 6) is 0.248. The van der Waals surface area contributed by atoms with Gasteiger partial charge in [-0.25, -0.2) is 0 Å². The van der Waals surface area contributed by atoms with Crippen LogP contribution in [0.15, 0.2) is 18.2 Å². The molecule has 1 aromatic carbocycles. The predicted molar refractivity (Wildman–Crippen MR) is 46.7 cm³/mol. The van der Waals surface area contributed by atoms with Crippen molar-refractivity contribution in [2.45, 2.75) is 18.8 Å². The molecule has 0 aromatic heterocycles. The first-order valence-electron chi connectivity index (χ1n) is 4.16. The Kier molecular flexibility index (Phi) is 1.69. The monoisotopic (exact) mass is 179 g/mol. The molecule has 0 amide bonds. The smallest absolute Gasteiger partial charge is 0.276 e. The molecule has 68 valence electrons. The van der Waals surface area contributed by atoms with Crippen molar-refractivity contribution >= 4 is 5.69 Å². The summed E-state index contributed by atoms with van der Waals surface area (Å²) >= 11 is 0. The number of nitro groups is 1. The van der Waals surface area contributed by atoms with E-state index in [9.17, 15) is 15.2 Å². The van der Waals surface area contributed by atoms with Crippen LogP contribution in [0, 0.1) is 10.1 Å². The van der Waals surface area contributed by atoms with Gasteiger partial charge in [-0.1, -0.05) is 6.07 Å². The average Bonchev–Trinajstić information content (AvgIpc) is 2.86. The molecule has 1 saturated carbocycles. The highest BCUT2D eigenvalue weighted by molar-refractivity contribution is 5.52. The fourth-order valence-electron chi connectivity index (χ4n) is 1.49. The van der Waals surface area contributed by atoms with Crippen molar-refractivity contribution in [2.24, 2.45) is 0 Å². The van der Waals surface area contributed by atoms with E-state index < -0.39 is 4.92 Å². The van der Waals surface area contributed by atoms with Crippen molar-refractivity contribution in [3.8, 4) is 5.75 Å². The number of nitrogens with zero attached hydrogens (tertiary/aromatic N) is 1. The minimum atomic E-state index is -0.437. The molecule has 1 aliphatic rings. The van der Waals surface area contributed by atoms with E-state index in [2.05, 4.69) is 0 Å². The molecule has 4 nitrogen and oxygen atoms in total. The molecule has 0 spiro atoms. The Hall–Kier alpha value is -1.58. The zero-order chi connectivity index (χ0) is 9.42. The Balaban J connectivity index is 2.53. The third-order valence-electron chi connectivity index (χ3n) is 2.24. The van der Waals surface area contributed by atoms with Crippen molar-refractivity contribution in [1.29, 1.82) is 0 Å². The van der Waals surface area contributed by atoms with Gasteiger partial charge < -0.3 is 5.11 Å². The number of benzene rings is 1. The van der Waals surface area contributed by atoms with Crippen molar-refractivity contribution in [3.05, 3.63) is 33.9 Å². The number of hydrogen-bond donors (Lipinski definition) is 1. The molecule has 1 N–H and O–H groups in total.